The molecule has 0 spiro atoms. The van der Waals surface area contributed by atoms with Crippen LogP contribution in [0.2, 0.25) is 0 Å². The number of anilines is 9. The molecule has 0 atom stereocenters. The maximum atomic E-state index is 2.75. The Morgan fingerprint density at radius 3 is 1.29 bits per heavy atom. The van der Waals surface area contributed by atoms with Crippen molar-refractivity contribution < 1.29 is 0 Å². The molecular formula is C85H102BN3. The van der Waals surface area contributed by atoms with Crippen LogP contribution in [0.15, 0.2) is 133 Å². The third-order valence-electron chi connectivity index (χ3n) is 22.6. The van der Waals surface area contributed by atoms with E-state index in [1.165, 1.54) is 146 Å². The molecule has 0 bridgehead atoms. The molecule has 0 radical (unpaired) electrons. The van der Waals surface area contributed by atoms with Crippen LogP contribution < -0.4 is 31.1 Å². The molecule has 8 aromatic carbocycles. The zero-order valence-corrected chi connectivity index (χ0v) is 58.9. The topological polar surface area (TPSA) is 9.72 Å². The highest BCUT2D eigenvalue weighted by atomic mass is 15.2. The predicted octanol–water partition coefficient (Wildman–Crippen LogP) is 22.1. The van der Waals surface area contributed by atoms with E-state index in [1.54, 1.807) is 0 Å². The molecule has 0 amide bonds. The number of nitrogens with zero attached hydrogens (tertiary/aromatic N) is 3. The minimum Gasteiger partial charge on any atom is -0.311 e. The van der Waals surface area contributed by atoms with Crippen LogP contribution in [0.1, 0.15) is 245 Å². The van der Waals surface area contributed by atoms with Gasteiger partial charge in [-0.15, -0.1) is 0 Å². The first-order valence-corrected chi connectivity index (χ1v) is 33.8. The molecule has 4 heteroatoms. The minimum absolute atomic E-state index is 0.00214. The molecule has 3 nitrogen and oxygen atoms in total. The van der Waals surface area contributed by atoms with Gasteiger partial charge in [0.05, 0.1) is 0 Å². The van der Waals surface area contributed by atoms with Crippen molar-refractivity contribution in [2.45, 2.75) is 241 Å². The normalized spacial score (nSPS) is 18.1. The van der Waals surface area contributed by atoms with E-state index in [-0.39, 0.29) is 55.4 Å². The van der Waals surface area contributed by atoms with Gasteiger partial charge in [0.2, 0.25) is 0 Å². The molecule has 0 saturated carbocycles. The Morgan fingerprint density at radius 2 is 0.787 bits per heavy atom. The second-order valence-electron chi connectivity index (χ2n) is 35.5. The third kappa shape index (κ3) is 9.70. The molecular weight excluding hydrogens is 1070 g/mol. The molecule has 89 heavy (non-hydrogen) atoms. The maximum absolute atomic E-state index is 2.75. The first-order chi connectivity index (χ1) is 41.2. The summed E-state index contributed by atoms with van der Waals surface area (Å²) in [6.45, 7) is 57.7. The zero-order chi connectivity index (χ0) is 64.2. The Morgan fingerprint density at radius 1 is 0.348 bits per heavy atom. The van der Waals surface area contributed by atoms with E-state index < -0.39 is 0 Å². The van der Waals surface area contributed by atoms with Crippen molar-refractivity contribution >= 4 is 74.3 Å². The molecule has 0 N–H and O–H groups in total. The van der Waals surface area contributed by atoms with Crippen LogP contribution >= 0.6 is 0 Å². The highest BCUT2D eigenvalue weighted by molar-refractivity contribution is 7.00. The lowest BCUT2D eigenvalue weighted by Crippen LogP contribution is -2.62. The van der Waals surface area contributed by atoms with Gasteiger partial charge in [-0.1, -0.05) is 219 Å². The quantitative estimate of drug-likeness (QED) is 0.159. The standard InChI is InChI=1S/C85H102BN3/c1-51-41-53(77(3,4)5)26-35-70(51)87(71-36-27-54(42-52(71)2)78(6,7)8)59-30-34-68-72(48-59)88(57-28-32-62-61(46-57)60-31-25-55(79(9,10)11)43-64(60)85(62,23)24)74-44-56(80(12,13)14)45-75-76(74)86(68)69-49-66-67(84(21,22)40-39-83(66,19)20)50-73(69)89(75)58-29-33-63-65(47-58)82(17,18)38-37-81(63,15)16/h25-36,41-50H,37-40H2,1-24H3. The summed E-state index contributed by atoms with van der Waals surface area (Å²) in [5.74, 6) is 0. The van der Waals surface area contributed by atoms with Crippen LogP contribution in [0.4, 0.5) is 51.2 Å². The van der Waals surface area contributed by atoms with Crippen molar-refractivity contribution in [1.29, 1.82) is 0 Å². The molecule has 5 aliphatic rings. The molecule has 0 saturated heterocycles. The largest absolute Gasteiger partial charge is 0.311 e. The molecule has 8 aromatic rings. The summed E-state index contributed by atoms with van der Waals surface area (Å²) in [4.78, 5) is 8.05. The number of hydrogen-bond donors (Lipinski definition) is 0. The first kappa shape index (κ1) is 61.1. The van der Waals surface area contributed by atoms with Gasteiger partial charge in [-0.3, -0.25) is 0 Å². The summed E-state index contributed by atoms with van der Waals surface area (Å²) in [5.41, 5.74) is 34.4. The molecule has 0 fully saturated rings. The van der Waals surface area contributed by atoms with Crippen LogP contribution in [-0.4, -0.2) is 6.71 Å². The molecule has 2 aliphatic heterocycles. The Hall–Kier alpha value is -6.78. The summed E-state index contributed by atoms with van der Waals surface area (Å²) < 4.78 is 0. The van der Waals surface area contributed by atoms with Crippen LogP contribution in [0.3, 0.4) is 0 Å². The minimum atomic E-state index is -0.180. The Kier molecular flexibility index (Phi) is 13.5. The fraction of sp³-hybridized carbons (Fsp3) is 0.435. The number of aryl methyl sites for hydroxylation is 2. The lowest BCUT2D eigenvalue weighted by atomic mass is 9.33. The number of hydrogen-bond acceptors (Lipinski definition) is 3. The van der Waals surface area contributed by atoms with E-state index >= 15 is 0 Å². The number of fused-ring (bicyclic) bond motifs is 9. The fourth-order valence-electron chi connectivity index (χ4n) is 16.4. The molecule has 3 aliphatic carbocycles. The summed E-state index contributed by atoms with van der Waals surface area (Å²) in [6, 6.07) is 55.1. The van der Waals surface area contributed by atoms with Crippen molar-refractivity contribution in [3.8, 4) is 11.1 Å². The highest BCUT2D eigenvalue weighted by Crippen LogP contribution is 2.56. The summed E-state index contributed by atoms with van der Waals surface area (Å²) in [5, 5.41) is 0. The summed E-state index contributed by atoms with van der Waals surface area (Å²) >= 11 is 0. The van der Waals surface area contributed by atoms with Crippen LogP contribution in [0.25, 0.3) is 11.1 Å². The van der Waals surface area contributed by atoms with Gasteiger partial charge in [-0.25, -0.2) is 0 Å². The average Bonchev–Trinajstić information content (AvgIpc) is 0.787. The van der Waals surface area contributed by atoms with Crippen molar-refractivity contribution in [3.05, 3.63) is 200 Å². The van der Waals surface area contributed by atoms with Gasteiger partial charge in [0, 0.05) is 56.6 Å². The average molecular weight is 1180 g/mol. The van der Waals surface area contributed by atoms with E-state index in [4.69, 9.17) is 0 Å². The molecule has 0 unspecified atom stereocenters. The molecule has 13 rings (SSSR count). The van der Waals surface area contributed by atoms with Gasteiger partial charge in [-0.05, 0) is 244 Å². The summed E-state index contributed by atoms with van der Waals surface area (Å²) in [7, 11) is 0. The van der Waals surface area contributed by atoms with Gasteiger partial charge in [0.1, 0.15) is 0 Å². The van der Waals surface area contributed by atoms with Crippen LogP contribution in [-0.2, 0) is 48.7 Å². The third-order valence-corrected chi connectivity index (χ3v) is 22.6. The second-order valence-corrected chi connectivity index (χ2v) is 35.5. The van der Waals surface area contributed by atoms with Crippen molar-refractivity contribution in [3.63, 3.8) is 0 Å². The van der Waals surface area contributed by atoms with Crippen molar-refractivity contribution in [2.75, 3.05) is 14.7 Å². The van der Waals surface area contributed by atoms with E-state index in [1.807, 2.05) is 0 Å². The first-order valence-electron chi connectivity index (χ1n) is 33.8. The van der Waals surface area contributed by atoms with Gasteiger partial charge in [-0.2, -0.15) is 0 Å². The predicted molar refractivity (Wildman–Crippen MR) is 388 cm³/mol. The van der Waals surface area contributed by atoms with Gasteiger partial charge in [0.15, 0.2) is 0 Å². The Bertz CT molecular complexity index is 4200. The Balaban J connectivity index is 1.15. The van der Waals surface area contributed by atoms with E-state index in [0.717, 1.165) is 24.9 Å². The molecule has 460 valence electrons. The number of benzene rings is 8. The van der Waals surface area contributed by atoms with Gasteiger partial charge in [0.25, 0.3) is 6.71 Å². The fourth-order valence-corrected chi connectivity index (χ4v) is 16.4. The SMILES string of the molecule is Cc1cc(C(C)(C)C)ccc1N(c1ccc2c(c1)N(c1ccc3c(c1)-c1ccc(C(C)(C)C)cc1C3(C)C)c1cc(C(C)(C)C)cc3c1B2c1cc2c(cc1N3c1ccc3c(c1)C(C)(C)CCC3(C)C)C(C)(C)CCC2(C)C)c1ccc(C(C)(C)C)cc1C. The molecule has 2 heterocycles. The van der Waals surface area contributed by atoms with E-state index in [0.29, 0.717) is 0 Å². The highest BCUT2D eigenvalue weighted by Gasteiger charge is 2.49. The van der Waals surface area contributed by atoms with E-state index in [2.05, 4.69) is 314 Å². The van der Waals surface area contributed by atoms with Crippen molar-refractivity contribution in [2.24, 2.45) is 0 Å². The van der Waals surface area contributed by atoms with E-state index in [9.17, 15) is 0 Å². The zero-order valence-electron chi connectivity index (χ0n) is 58.9. The monoisotopic (exact) mass is 1180 g/mol. The number of rotatable bonds is 5. The molecule has 0 aromatic heterocycles. The van der Waals surface area contributed by atoms with Crippen molar-refractivity contribution in [1.82, 2.24) is 0 Å². The lowest BCUT2D eigenvalue weighted by Gasteiger charge is -2.48. The lowest BCUT2D eigenvalue weighted by molar-refractivity contribution is 0.332. The van der Waals surface area contributed by atoms with Crippen LogP contribution in [0.5, 0.6) is 0 Å². The summed E-state index contributed by atoms with van der Waals surface area (Å²) in [6.07, 6.45) is 4.65. The Labute approximate surface area is 537 Å². The van der Waals surface area contributed by atoms with Gasteiger partial charge < -0.3 is 14.7 Å². The smallest absolute Gasteiger partial charge is 0.252 e. The maximum Gasteiger partial charge on any atom is 0.252 e. The second kappa shape index (κ2) is 19.6. The van der Waals surface area contributed by atoms with Crippen LogP contribution in [0, 0.1) is 13.8 Å². The van der Waals surface area contributed by atoms with Gasteiger partial charge >= 0.3 is 0 Å².